The van der Waals surface area contributed by atoms with Crippen molar-refractivity contribution in [1.82, 2.24) is 0 Å². The lowest BCUT2D eigenvalue weighted by Gasteiger charge is -2.40. The van der Waals surface area contributed by atoms with Gasteiger partial charge < -0.3 is 9.84 Å². The van der Waals surface area contributed by atoms with Crippen molar-refractivity contribution < 1.29 is 23.0 Å². The maximum Gasteiger partial charge on any atom is 0.573 e. The highest BCUT2D eigenvalue weighted by molar-refractivity contribution is 5.33. The third kappa shape index (κ3) is 3.66. The van der Waals surface area contributed by atoms with Crippen LogP contribution in [0.25, 0.3) is 0 Å². The molecule has 0 unspecified atom stereocenters. The molecule has 0 aliphatic heterocycles. The van der Waals surface area contributed by atoms with Crippen LogP contribution in [0.3, 0.4) is 0 Å². The minimum Gasteiger partial charge on any atom is -0.406 e. The fraction of sp³-hybridized carbons (Fsp3) is 0.600. The molecule has 2 rings (SSSR count). The monoisotopic (exact) mass is 288 g/mol. The molecular formula is C15H19F3O2. The maximum atomic E-state index is 12.2. The second-order valence-corrected chi connectivity index (χ2v) is 6.27. The van der Waals surface area contributed by atoms with Gasteiger partial charge in [0, 0.05) is 0 Å². The number of alkyl halides is 3. The maximum absolute atomic E-state index is 12.2. The van der Waals surface area contributed by atoms with Gasteiger partial charge in [0.15, 0.2) is 0 Å². The van der Waals surface area contributed by atoms with Crippen molar-refractivity contribution in [3.63, 3.8) is 0 Å². The van der Waals surface area contributed by atoms with Crippen molar-refractivity contribution in [3.05, 3.63) is 29.8 Å². The van der Waals surface area contributed by atoms with Crippen molar-refractivity contribution in [2.75, 3.05) is 0 Å². The quantitative estimate of drug-likeness (QED) is 0.875. The van der Waals surface area contributed by atoms with Gasteiger partial charge in [0.2, 0.25) is 0 Å². The summed E-state index contributed by atoms with van der Waals surface area (Å²) >= 11 is 0. The smallest absolute Gasteiger partial charge is 0.406 e. The van der Waals surface area contributed by atoms with Gasteiger partial charge in [-0.3, -0.25) is 0 Å². The van der Waals surface area contributed by atoms with Crippen molar-refractivity contribution in [2.24, 2.45) is 5.41 Å². The lowest BCUT2D eigenvalue weighted by molar-refractivity contribution is -0.274. The summed E-state index contributed by atoms with van der Waals surface area (Å²) in [4.78, 5) is 0. The number of halogens is 3. The number of ether oxygens (including phenoxy) is 1. The van der Waals surface area contributed by atoms with Gasteiger partial charge >= 0.3 is 6.36 Å². The number of hydrogen-bond donors (Lipinski definition) is 1. The fourth-order valence-electron chi connectivity index (χ4n) is 2.61. The number of benzene rings is 1. The third-order valence-corrected chi connectivity index (χ3v) is 4.04. The lowest BCUT2D eigenvalue weighted by atomic mass is 9.69. The van der Waals surface area contributed by atoms with Crippen LogP contribution in [0.1, 0.15) is 45.1 Å². The summed E-state index contributed by atoms with van der Waals surface area (Å²) in [5, 5.41) is 10.7. The third-order valence-electron chi connectivity index (χ3n) is 4.04. The molecule has 0 spiro atoms. The Morgan fingerprint density at radius 1 is 1.10 bits per heavy atom. The normalized spacial score (nSPS) is 21.5. The zero-order chi connectivity index (χ0) is 15.0. The fourth-order valence-corrected chi connectivity index (χ4v) is 2.61. The molecule has 1 aromatic carbocycles. The van der Waals surface area contributed by atoms with Crippen molar-refractivity contribution in [2.45, 2.75) is 51.5 Å². The highest BCUT2D eigenvalue weighted by Gasteiger charge is 2.38. The van der Waals surface area contributed by atoms with Gasteiger partial charge in [0.05, 0.1) is 5.60 Å². The minimum absolute atomic E-state index is 0.173. The summed E-state index contributed by atoms with van der Waals surface area (Å²) in [5.41, 5.74) is -0.387. The standard InChI is InChI=1S/C15H19F3O2/c1-13(2)6-8-14(19,9-7-13)11-4-3-5-12(10-11)20-15(16,17)18/h3-5,10,19H,6-9H2,1-2H3. The van der Waals surface area contributed by atoms with Gasteiger partial charge in [-0.1, -0.05) is 26.0 Å². The van der Waals surface area contributed by atoms with Crippen LogP contribution in [0.4, 0.5) is 13.2 Å². The van der Waals surface area contributed by atoms with Crippen LogP contribution in [0.2, 0.25) is 0 Å². The molecule has 2 nitrogen and oxygen atoms in total. The van der Waals surface area contributed by atoms with Gasteiger partial charge in [0.25, 0.3) is 0 Å². The van der Waals surface area contributed by atoms with E-state index < -0.39 is 12.0 Å². The molecule has 0 aromatic heterocycles. The Balaban J connectivity index is 2.19. The van der Waals surface area contributed by atoms with Crippen molar-refractivity contribution >= 4 is 0 Å². The molecule has 0 bridgehead atoms. The molecule has 0 radical (unpaired) electrons. The van der Waals surface area contributed by atoms with E-state index in [1.54, 1.807) is 6.07 Å². The van der Waals surface area contributed by atoms with Gasteiger partial charge in [-0.25, -0.2) is 0 Å². The first-order valence-corrected chi connectivity index (χ1v) is 6.68. The Labute approximate surface area is 116 Å². The first-order valence-electron chi connectivity index (χ1n) is 6.68. The van der Waals surface area contributed by atoms with Gasteiger partial charge in [-0.2, -0.15) is 0 Å². The van der Waals surface area contributed by atoms with Crippen LogP contribution in [0, 0.1) is 5.41 Å². The first-order chi connectivity index (χ1) is 9.10. The number of hydrogen-bond acceptors (Lipinski definition) is 2. The first kappa shape index (κ1) is 15.2. The highest BCUT2D eigenvalue weighted by Crippen LogP contribution is 2.45. The van der Waals surface area contributed by atoms with E-state index in [2.05, 4.69) is 18.6 Å². The molecule has 0 atom stereocenters. The molecule has 1 saturated carbocycles. The van der Waals surface area contributed by atoms with E-state index in [9.17, 15) is 18.3 Å². The average Bonchev–Trinajstić information content (AvgIpc) is 2.32. The van der Waals surface area contributed by atoms with E-state index in [-0.39, 0.29) is 11.2 Å². The summed E-state index contributed by atoms with van der Waals surface area (Å²) in [7, 11) is 0. The van der Waals surface area contributed by atoms with E-state index in [4.69, 9.17) is 0 Å². The highest BCUT2D eigenvalue weighted by atomic mass is 19.4. The summed E-state index contributed by atoms with van der Waals surface area (Å²) in [6.45, 7) is 4.27. The number of aliphatic hydroxyl groups is 1. The second kappa shape index (κ2) is 4.95. The van der Waals surface area contributed by atoms with Gasteiger partial charge in [0.1, 0.15) is 5.75 Å². The largest absolute Gasteiger partial charge is 0.573 e. The molecule has 1 fully saturated rings. The molecule has 20 heavy (non-hydrogen) atoms. The van der Waals surface area contributed by atoms with Crippen LogP contribution in [-0.4, -0.2) is 11.5 Å². The molecule has 1 aliphatic carbocycles. The van der Waals surface area contributed by atoms with E-state index >= 15 is 0 Å². The van der Waals surface area contributed by atoms with Gasteiger partial charge in [-0.05, 0) is 48.8 Å². The van der Waals surface area contributed by atoms with E-state index in [0.29, 0.717) is 18.4 Å². The van der Waals surface area contributed by atoms with Crippen LogP contribution in [-0.2, 0) is 5.60 Å². The zero-order valence-corrected chi connectivity index (χ0v) is 11.6. The molecule has 1 aliphatic rings. The predicted octanol–water partition coefficient (Wildman–Crippen LogP) is 4.37. The summed E-state index contributed by atoms with van der Waals surface area (Å²) < 4.78 is 40.6. The van der Waals surface area contributed by atoms with Crippen LogP contribution in [0.15, 0.2) is 24.3 Å². The topological polar surface area (TPSA) is 29.5 Å². The Kier molecular flexibility index (Phi) is 3.75. The van der Waals surface area contributed by atoms with E-state index in [1.807, 2.05) is 0 Å². The van der Waals surface area contributed by atoms with Crippen molar-refractivity contribution in [1.29, 1.82) is 0 Å². The molecule has 5 heteroatoms. The van der Waals surface area contributed by atoms with Gasteiger partial charge in [-0.15, -0.1) is 13.2 Å². The minimum atomic E-state index is -4.71. The molecule has 112 valence electrons. The molecule has 0 amide bonds. The second-order valence-electron chi connectivity index (χ2n) is 6.27. The lowest BCUT2D eigenvalue weighted by Crippen LogP contribution is -2.34. The molecule has 0 heterocycles. The Bertz CT molecular complexity index is 470. The van der Waals surface area contributed by atoms with Crippen molar-refractivity contribution in [3.8, 4) is 5.75 Å². The zero-order valence-electron chi connectivity index (χ0n) is 11.6. The number of rotatable bonds is 2. The summed E-state index contributed by atoms with van der Waals surface area (Å²) in [5.74, 6) is -0.284. The van der Waals surface area contributed by atoms with E-state index in [0.717, 1.165) is 12.8 Å². The Hall–Kier alpha value is -1.23. The summed E-state index contributed by atoms with van der Waals surface area (Å²) in [6, 6.07) is 5.66. The average molecular weight is 288 g/mol. The molecule has 1 aromatic rings. The van der Waals surface area contributed by atoms with Crippen LogP contribution in [0.5, 0.6) is 5.75 Å². The Morgan fingerprint density at radius 2 is 1.70 bits per heavy atom. The Morgan fingerprint density at radius 3 is 2.25 bits per heavy atom. The molecule has 1 N–H and O–H groups in total. The predicted molar refractivity (Wildman–Crippen MR) is 69.3 cm³/mol. The SMILES string of the molecule is CC1(C)CCC(O)(c2cccc(OC(F)(F)F)c2)CC1. The summed E-state index contributed by atoms with van der Waals surface area (Å²) in [6.07, 6.45) is -1.93. The van der Waals surface area contributed by atoms with E-state index in [1.165, 1.54) is 18.2 Å². The van der Waals surface area contributed by atoms with Crippen LogP contribution >= 0.6 is 0 Å². The van der Waals surface area contributed by atoms with Crippen LogP contribution < -0.4 is 4.74 Å². The molecule has 0 saturated heterocycles. The molecular weight excluding hydrogens is 269 g/mol.